The maximum absolute atomic E-state index is 12.4. The molecule has 0 bridgehead atoms. The predicted molar refractivity (Wildman–Crippen MR) is 153 cm³/mol. The minimum atomic E-state index is -4.05. The van der Waals surface area contributed by atoms with Crippen LogP contribution in [0.25, 0.3) is 16.6 Å². The summed E-state index contributed by atoms with van der Waals surface area (Å²) >= 11 is 0. The molecule has 0 radical (unpaired) electrons. The van der Waals surface area contributed by atoms with Crippen molar-refractivity contribution in [3.63, 3.8) is 0 Å². The SMILES string of the molecule is CCC(C)OP(=O)(O)OCCN1CCN(c2c(C=O)c3ccccc3n2-c2ccc(C(C)(C)C)cc2)CC1. The van der Waals surface area contributed by atoms with Gasteiger partial charge in [0.05, 0.1) is 23.8 Å². The van der Waals surface area contributed by atoms with E-state index in [2.05, 4.69) is 65.5 Å². The van der Waals surface area contributed by atoms with Gasteiger partial charge < -0.3 is 9.79 Å². The van der Waals surface area contributed by atoms with E-state index in [1.807, 2.05) is 25.1 Å². The van der Waals surface area contributed by atoms with Crippen LogP contribution in [0.3, 0.4) is 0 Å². The molecule has 2 heterocycles. The Morgan fingerprint density at radius 2 is 1.71 bits per heavy atom. The normalized spacial score (nSPS) is 17.5. The molecular formula is C29H40N3O5P. The lowest BCUT2D eigenvalue weighted by molar-refractivity contribution is 0.0996. The second kappa shape index (κ2) is 11.7. The topological polar surface area (TPSA) is 84.2 Å². The molecule has 9 heteroatoms. The Hall–Kier alpha value is -2.48. The van der Waals surface area contributed by atoms with E-state index in [1.165, 1.54) is 5.56 Å². The van der Waals surface area contributed by atoms with Gasteiger partial charge in [-0.1, -0.05) is 58.0 Å². The zero-order chi connectivity index (χ0) is 27.5. The highest BCUT2D eigenvalue weighted by molar-refractivity contribution is 7.47. The number of phosphoric acid groups is 1. The van der Waals surface area contributed by atoms with E-state index in [0.29, 0.717) is 18.5 Å². The van der Waals surface area contributed by atoms with Crippen LogP contribution in [0.2, 0.25) is 0 Å². The quantitative estimate of drug-likeness (QED) is 0.257. The highest BCUT2D eigenvalue weighted by Crippen LogP contribution is 2.44. The van der Waals surface area contributed by atoms with Crippen LogP contribution in [-0.4, -0.2) is 66.1 Å². The third-order valence-corrected chi connectivity index (χ3v) is 8.35. The Balaban J connectivity index is 1.53. The number of hydrogen-bond acceptors (Lipinski definition) is 6. The fourth-order valence-electron chi connectivity index (χ4n) is 4.85. The maximum Gasteiger partial charge on any atom is 0.472 e. The number of anilines is 1. The molecule has 0 aliphatic carbocycles. The highest BCUT2D eigenvalue weighted by Gasteiger charge is 2.28. The van der Waals surface area contributed by atoms with E-state index in [0.717, 1.165) is 54.9 Å². The number of nitrogens with zero attached hydrogens (tertiary/aromatic N) is 3. The predicted octanol–water partition coefficient (Wildman–Crippen LogP) is 5.79. The van der Waals surface area contributed by atoms with Gasteiger partial charge in [0.2, 0.25) is 0 Å². The summed E-state index contributed by atoms with van der Waals surface area (Å²) in [6.07, 6.45) is 1.27. The average molecular weight is 542 g/mol. The van der Waals surface area contributed by atoms with Gasteiger partial charge in [-0.25, -0.2) is 4.57 Å². The lowest BCUT2D eigenvalue weighted by Crippen LogP contribution is -2.48. The molecule has 38 heavy (non-hydrogen) atoms. The fourth-order valence-corrected chi connectivity index (χ4v) is 5.83. The summed E-state index contributed by atoms with van der Waals surface area (Å²) in [5.41, 5.74) is 4.03. The van der Waals surface area contributed by atoms with Gasteiger partial charge in [0.25, 0.3) is 0 Å². The van der Waals surface area contributed by atoms with E-state index in [9.17, 15) is 14.3 Å². The van der Waals surface area contributed by atoms with E-state index < -0.39 is 7.82 Å². The van der Waals surface area contributed by atoms with Crippen LogP contribution >= 0.6 is 7.82 Å². The zero-order valence-electron chi connectivity index (χ0n) is 23.1. The number of benzene rings is 2. The zero-order valence-corrected chi connectivity index (χ0v) is 24.0. The van der Waals surface area contributed by atoms with Crippen molar-refractivity contribution in [3.8, 4) is 5.69 Å². The summed E-state index contributed by atoms with van der Waals surface area (Å²) in [5, 5.41) is 0.938. The van der Waals surface area contributed by atoms with Crippen molar-refractivity contribution in [3.05, 3.63) is 59.7 Å². The smallest absolute Gasteiger partial charge is 0.355 e. The van der Waals surface area contributed by atoms with Crippen LogP contribution in [0.1, 0.15) is 57.0 Å². The van der Waals surface area contributed by atoms with Crippen molar-refractivity contribution in [2.24, 2.45) is 0 Å². The third kappa shape index (κ3) is 6.38. The lowest BCUT2D eigenvalue weighted by Gasteiger charge is -2.36. The molecule has 2 unspecified atom stereocenters. The molecule has 1 aromatic heterocycles. The molecule has 1 saturated heterocycles. The van der Waals surface area contributed by atoms with Gasteiger partial charge in [-0.2, -0.15) is 0 Å². The molecule has 0 saturated carbocycles. The Morgan fingerprint density at radius 3 is 2.32 bits per heavy atom. The summed E-state index contributed by atoms with van der Waals surface area (Å²) in [6.45, 7) is 13.8. The van der Waals surface area contributed by atoms with Crippen LogP contribution in [-0.2, 0) is 19.0 Å². The molecule has 1 fully saturated rings. The Morgan fingerprint density at radius 1 is 1.05 bits per heavy atom. The molecular weight excluding hydrogens is 501 g/mol. The molecule has 3 aromatic rings. The van der Waals surface area contributed by atoms with Gasteiger partial charge in [0.1, 0.15) is 5.82 Å². The number of phosphoric ester groups is 1. The largest absolute Gasteiger partial charge is 0.472 e. The van der Waals surface area contributed by atoms with Gasteiger partial charge in [-0.3, -0.25) is 23.3 Å². The molecule has 1 N–H and O–H groups in total. The van der Waals surface area contributed by atoms with Crippen LogP contribution in [0.15, 0.2) is 48.5 Å². The fraction of sp³-hybridized carbons (Fsp3) is 0.483. The monoisotopic (exact) mass is 541 g/mol. The summed E-state index contributed by atoms with van der Waals surface area (Å²) in [5.74, 6) is 0.905. The van der Waals surface area contributed by atoms with Crippen LogP contribution in [0.4, 0.5) is 5.82 Å². The number of aromatic nitrogens is 1. The van der Waals surface area contributed by atoms with Crippen molar-refractivity contribution >= 4 is 30.8 Å². The van der Waals surface area contributed by atoms with Crippen LogP contribution in [0, 0.1) is 0 Å². The first kappa shape index (κ1) is 28.5. The average Bonchev–Trinajstić information content (AvgIpc) is 3.22. The van der Waals surface area contributed by atoms with E-state index >= 15 is 0 Å². The van der Waals surface area contributed by atoms with Gasteiger partial charge in [0.15, 0.2) is 6.29 Å². The molecule has 2 aromatic carbocycles. The minimum absolute atomic E-state index is 0.0538. The number of rotatable bonds is 10. The first-order valence-electron chi connectivity index (χ1n) is 13.4. The van der Waals surface area contributed by atoms with Crippen molar-refractivity contribution in [2.45, 2.75) is 52.6 Å². The number of carbonyl (C=O) groups is 1. The lowest BCUT2D eigenvalue weighted by atomic mass is 9.87. The maximum atomic E-state index is 12.4. The van der Waals surface area contributed by atoms with Crippen molar-refractivity contribution in [1.82, 2.24) is 9.47 Å². The second-order valence-electron chi connectivity index (χ2n) is 11.0. The minimum Gasteiger partial charge on any atom is -0.355 e. The first-order valence-corrected chi connectivity index (χ1v) is 14.9. The molecule has 4 rings (SSSR count). The van der Waals surface area contributed by atoms with Gasteiger partial charge >= 0.3 is 7.82 Å². The Bertz CT molecular complexity index is 1290. The van der Waals surface area contributed by atoms with Gasteiger partial charge in [-0.05, 0) is 42.5 Å². The van der Waals surface area contributed by atoms with Crippen LogP contribution < -0.4 is 4.90 Å². The van der Waals surface area contributed by atoms with Crippen molar-refractivity contribution in [1.29, 1.82) is 0 Å². The summed E-state index contributed by atoms with van der Waals surface area (Å²) < 4.78 is 24.6. The number of aldehydes is 1. The molecule has 1 aliphatic heterocycles. The Labute approximate surface area is 225 Å². The van der Waals surface area contributed by atoms with E-state index in [1.54, 1.807) is 6.92 Å². The summed E-state index contributed by atoms with van der Waals surface area (Å²) in [6, 6.07) is 16.6. The number of fused-ring (bicyclic) bond motifs is 1. The number of piperazine rings is 1. The molecule has 2 atom stereocenters. The number of carbonyl (C=O) groups excluding carboxylic acids is 1. The molecule has 206 valence electrons. The van der Waals surface area contributed by atoms with Crippen LogP contribution in [0.5, 0.6) is 0 Å². The van der Waals surface area contributed by atoms with E-state index in [-0.39, 0.29) is 18.1 Å². The third-order valence-electron chi connectivity index (χ3n) is 7.22. The molecule has 8 nitrogen and oxygen atoms in total. The molecule has 0 amide bonds. The Kier molecular flexibility index (Phi) is 8.80. The van der Waals surface area contributed by atoms with Crippen molar-refractivity contribution < 1.29 is 23.3 Å². The number of hydrogen-bond donors (Lipinski definition) is 1. The standard InChI is InChI=1S/C29H40N3O5P/c1-6-22(2)37-38(34,35)36-20-19-30-15-17-31(18-16-30)28-26(21-33)25-9-7-8-10-27(25)32(28)24-13-11-23(12-14-24)29(3,4)5/h7-14,21-22H,6,15-20H2,1-5H3,(H,34,35). The molecule has 1 aliphatic rings. The molecule has 0 spiro atoms. The van der Waals surface area contributed by atoms with Crippen molar-refractivity contribution in [2.75, 3.05) is 44.2 Å². The number of para-hydroxylation sites is 1. The van der Waals surface area contributed by atoms with Gasteiger partial charge in [0, 0.05) is 43.8 Å². The summed E-state index contributed by atoms with van der Waals surface area (Å²) in [4.78, 5) is 26.8. The highest BCUT2D eigenvalue weighted by atomic mass is 31.2. The summed E-state index contributed by atoms with van der Waals surface area (Å²) in [7, 11) is -4.05. The second-order valence-corrected chi connectivity index (χ2v) is 12.4. The first-order chi connectivity index (χ1) is 18.0. The van der Waals surface area contributed by atoms with E-state index in [4.69, 9.17) is 9.05 Å². The van der Waals surface area contributed by atoms with Gasteiger partial charge in [-0.15, -0.1) is 0 Å².